The molecule has 1 aromatic carbocycles. The number of pyridine rings is 1. The Kier molecular flexibility index (Phi) is 3.71. The number of amides is 1. The van der Waals surface area contributed by atoms with E-state index >= 15 is 0 Å². The van der Waals surface area contributed by atoms with Crippen molar-refractivity contribution in [3.05, 3.63) is 59.4 Å². The van der Waals surface area contributed by atoms with Crippen molar-refractivity contribution in [1.82, 2.24) is 4.98 Å². The Bertz CT molecular complexity index is 693. The molecule has 2 rings (SSSR count). The van der Waals surface area contributed by atoms with Gasteiger partial charge in [-0.1, -0.05) is 0 Å². The quantitative estimate of drug-likeness (QED) is 0.790. The fraction of sp³-hybridized carbons (Fsp3) is 0.0714. The zero-order valence-corrected chi connectivity index (χ0v) is 10.5. The number of hydrogen-bond donors (Lipinski definition) is 0. The summed E-state index contributed by atoms with van der Waals surface area (Å²) in [5.74, 6) is -3.30. The van der Waals surface area contributed by atoms with Crippen LogP contribution in [0.4, 0.5) is 14.5 Å². The Morgan fingerprint density at radius 1 is 1.25 bits per heavy atom. The minimum Gasteiger partial charge on any atom is -0.311 e. The van der Waals surface area contributed by atoms with Gasteiger partial charge >= 0.3 is 0 Å². The van der Waals surface area contributed by atoms with Crippen molar-refractivity contribution < 1.29 is 13.6 Å². The number of rotatable bonds is 2. The molecule has 0 bridgehead atoms. The van der Waals surface area contributed by atoms with Gasteiger partial charge in [-0.15, -0.1) is 0 Å². The molecular weight excluding hydrogens is 264 g/mol. The van der Waals surface area contributed by atoms with E-state index in [1.807, 2.05) is 6.07 Å². The zero-order chi connectivity index (χ0) is 14.7. The van der Waals surface area contributed by atoms with Crippen LogP contribution >= 0.6 is 0 Å². The van der Waals surface area contributed by atoms with Crippen molar-refractivity contribution in [1.29, 1.82) is 5.26 Å². The zero-order valence-electron chi connectivity index (χ0n) is 10.5. The van der Waals surface area contributed by atoms with Crippen molar-refractivity contribution in [3.63, 3.8) is 0 Å². The van der Waals surface area contributed by atoms with E-state index in [1.165, 1.54) is 24.1 Å². The molecule has 0 aliphatic rings. The normalized spacial score (nSPS) is 9.90. The summed E-state index contributed by atoms with van der Waals surface area (Å²) in [6.45, 7) is 0. The molecule has 0 saturated carbocycles. The average Bonchev–Trinajstić information content (AvgIpc) is 2.48. The second-order valence-electron chi connectivity index (χ2n) is 3.99. The van der Waals surface area contributed by atoms with Crippen molar-refractivity contribution in [2.45, 2.75) is 0 Å². The number of nitrogens with zero attached hydrogens (tertiary/aromatic N) is 3. The Morgan fingerprint density at radius 2 is 1.90 bits per heavy atom. The number of carbonyl (C=O) groups is 1. The summed E-state index contributed by atoms with van der Waals surface area (Å²) in [7, 11) is 1.43. The molecule has 100 valence electrons. The van der Waals surface area contributed by atoms with Crippen molar-refractivity contribution in [2.75, 3.05) is 11.9 Å². The van der Waals surface area contributed by atoms with Crippen molar-refractivity contribution >= 4 is 11.6 Å². The van der Waals surface area contributed by atoms with Crippen LogP contribution in [0.5, 0.6) is 0 Å². The van der Waals surface area contributed by atoms with Gasteiger partial charge in [-0.25, -0.2) is 9.37 Å². The number of benzene rings is 1. The smallest absolute Gasteiger partial charge is 0.261 e. The molecule has 0 spiro atoms. The largest absolute Gasteiger partial charge is 0.311 e. The number of nitriles is 1. The first-order valence-corrected chi connectivity index (χ1v) is 5.63. The minimum absolute atomic E-state index is 0.399. The highest BCUT2D eigenvalue weighted by Crippen LogP contribution is 2.18. The van der Waals surface area contributed by atoms with Gasteiger partial charge in [0.2, 0.25) is 5.95 Å². The molecule has 0 unspecified atom stereocenters. The van der Waals surface area contributed by atoms with Gasteiger partial charge in [-0.05, 0) is 30.3 Å². The van der Waals surface area contributed by atoms with E-state index in [0.29, 0.717) is 11.3 Å². The summed E-state index contributed by atoms with van der Waals surface area (Å²) in [6, 6.07) is 9.22. The van der Waals surface area contributed by atoms with E-state index in [4.69, 9.17) is 5.26 Å². The first kappa shape index (κ1) is 13.6. The maximum Gasteiger partial charge on any atom is 0.261 e. The lowest BCUT2D eigenvalue weighted by Gasteiger charge is -2.17. The molecule has 0 aliphatic carbocycles. The fourth-order valence-corrected chi connectivity index (χ4v) is 1.64. The Morgan fingerprint density at radius 3 is 2.50 bits per heavy atom. The lowest BCUT2D eigenvalue weighted by molar-refractivity contribution is 0.0987. The summed E-state index contributed by atoms with van der Waals surface area (Å²) in [5.41, 5.74) is 0.505. The first-order valence-electron chi connectivity index (χ1n) is 5.63. The maximum absolute atomic E-state index is 13.5. The fourth-order valence-electron chi connectivity index (χ4n) is 1.64. The first-order chi connectivity index (χ1) is 9.54. The van der Waals surface area contributed by atoms with Crippen LogP contribution in [0.1, 0.15) is 15.9 Å². The monoisotopic (exact) mass is 273 g/mol. The third kappa shape index (κ3) is 2.47. The highest BCUT2D eigenvalue weighted by molar-refractivity contribution is 6.05. The lowest BCUT2D eigenvalue weighted by atomic mass is 10.2. The molecule has 2 aromatic rings. The third-order valence-corrected chi connectivity index (χ3v) is 2.77. The molecular formula is C14H9F2N3O. The van der Waals surface area contributed by atoms with Gasteiger partial charge in [0.15, 0.2) is 5.82 Å². The molecule has 0 aliphatic heterocycles. The number of aromatic nitrogens is 1. The highest BCUT2D eigenvalue weighted by atomic mass is 19.2. The number of carbonyl (C=O) groups excluding carboxylic acids is 1. The molecule has 0 N–H and O–H groups in total. The van der Waals surface area contributed by atoms with Crippen LogP contribution < -0.4 is 4.90 Å². The predicted molar refractivity (Wildman–Crippen MR) is 68.0 cm³/mol. The summed E-state index contributed by atoms with van der Waals surface area (Å²) in [4.78, 5) is 16.4. The van der Waals surface area contributed by atoms with Gasteiger partial charge in [0, 0.05) is 18.9 Å². The summed E-state index contributed by atoms with van der Waals surface area (Å²) in [6.07, 6.45) is 1.03. The Hall–Kier alpha value is -2.81. The van der Waals surface area contributed by atoms with Crippen LogP contribution in [-0.2, 0) is 0 Å². The molecule has 1 amide bonds. The van der Waals surface area contributed by atoms with Crippen LogP contribution in [-0.4, -0.2) is 17.9 Å². The molecule has 0 saturated heterocycles. The molecule has 0 atom stereocenters. The highest BCUT2D eigenvalue weighted by Gasteiger charge is 2.20. The van der Waals surface area contributed by atoms with Gasteiger partial charge in [0.05, 0.1) is 17.2 Å². The molecule has 0 radical (unpaired) electrons. The van der Waals surface area contributed by atoms with Gasteiger partial charge in [-0.3, -0.25) is 4.79 Å². The summed E-state index contributed by atoms with van der Waals surface area (Å²) >= 11 is 0. The van der Waals surface area contributed by atoms with E-state index in [0.717, 1.165) is 12.3 Å². The van der Waals surface area contributed by atoms with E-state index in [9.17, 15) is 13.6 Å². The van der Waals surface area contributed by atoms with Gasteiger partial charge in [0.25, 0.3) is 5.91 Å². The lowest BCUT2D eigenvalue weighted by Crippen LogP contribution is -2.27. The molecule has 1 heterocycles. The van der Waals surface area contributed by atoms with Gasteiger partial charge < -0.3 is 4.90 Å². The maximum atomic E-state index is 13.5. The van der Waals surface area contributed by atoms with Gasteiger partial charge in [-0.2, -0.15) is 9.65 Å². The average molecular weight is 273 g/mol. The van der Waals surface area contributed by atoms with Crippen LogP contribution in [0.15, 0.2) is 36.5 Å². The predicted octanol–water partition coefficient (Wildman–Crippen LogP) is 2.51. The molecule has 20 heavy (non-hydrogen) atoms. The van der Waals surface area contributed by atoms with E-state index in [-0.39, 0.29) is 0 Å². The molecule has 1 aromatic heterocycles. The second-order valence-corrected chi connectivity index (χ2v) is 3.99. The van der Waals surface area contributed by atoms with Crippen LogP contribution in [0.3, 0.4) is 0 Å². The van der Waals surface area contributed by atoms with Crippen LogP contribution in [0.25, 0.3) is 0 Å². The summed E-state index contributed by atoms with van der Waals surface area (Å²) < 4.78 is 26.5. The number of halogens is 2. The number of anilines is 1. The van der Waals surface area contributed by atoms with Crippen molar-refractivity contribution in [3.8, 4) is 6.07 Å². The second kappa shape index (κ2) is 5.45. The van der Waals surface area contributed by atoms with E-state index < -0.39 is 23.2 Å². The Balaban J connectivity index is 2.32. The summed E-state index contributed by atoms with van der Waals surface area (Å²) in [5, 5.41) is 8.69. The standard InChI is InChI=1S/C14H9F2N3O/c1-19(10-4-2-9(8-17)3-5-10)14(20)11-6-7-18-13(16)12(11)15/h2-7H,1H3. The van der Waals surface area contributed by atoms with Crippen LogP contribution in [0, 0.1) is 23.1 Å². The van der Waals surface area contributed by atoms with Crippen LogP contribution in [0.2, 0.25) is 0 Å². The Labute approximate surface area is 113 Å². The van der Waals surface area contributed by atoms with Crippen molar-refractivity contribution in [2.24, 2.45) is 0 Å². The molecule has 0 fully saturated rings. The van der Waals surface area contributed by atoms with E-state index in [2.05, 4.69) is 4.98 Å². The SMILES string of the molecule is CN(C(=O)c1ccnc(F)c1F)c1ccc(C#N)cc1. The minimum atomic E-state index is -1.32. The number of hydrogen-bond acceptors (Lipinski definition) is 3. The molecule has 6 heteroatoms. The third-order valence-electron chi connectivity index (χ3n) is 2.77. The topological polar surface area (TPSA) is 57.0 Å². The van der Waals surface area contributed by atoms with E-state index in [1.54, 1.807) is 12.1 Å². The molecule has 4 nitrogen and oxygen atoms in total. The van der Waals surface area contributed by atoms with Gasteiger partial charge in [0.1, 0.15) is 0 Å².